The normalized spacial score (nSPS) is 21.2. The molecule has 1 amide bonds. The maximum Gasteiger partial charge on any atom is 0.230 e. The predicted molar refractivity (Wildman–Crippen MR) is 66.6 cm³/mol. The molecular formula is C12H20N4O. The van der Waals surface area contributed by atoms with Crippen molar-refractivity contribution >= 4 is 11.6 Å². The van der Waals surface area contributed by atoms with E-state index < -0.39 is 0 Å². The summed E-state index contributed by atoms with van der Waals surface area (Å²) in [6, 6.07) is 0. The Morgan fingerprint density at radius 2 is 2.41 bits per heavy atom. The molecule has 1 aromatic rings. The number of aromatic amines is 1. The van der Waals surface area contributed by atoms with Crippen molar-refractivity contribution in [2.24, 2.45) is 11.3 Å². The first-order valence-corrected chi connectivity index (χ1v) is 6.11. The Balaban J connectivity index is 2.00. The van der Waals surface area contributed by atoms with Crippen LogP contribution in [0.1, 0.15) is 26.7 Å². The lowest BCUT2D eigenvalue weighted by Gasteiger charge is -2.35. The molecule has 0 aliphatic carbocycles. The monoisotopic (exact) mass is 236 g/mol. The van der Waals surface area contributed by atoms with Crippen LogP contribution < -0.4 is 10.6 Å². The van der Waals surface area contributed by atoms with Gasteiger partial charge in [0.05, 0.1) is 11.9 Å². The Hall–Kier alpha value is -1.36. The molecule has 0 radical (unpaired) electrons. The molecular weight excluding hydrogens is 216 g/mol. The predicted octanol–water partition coefficient (Wildman–Crippen LogP) is 1.37. The molecule has 0 bridgehead atoms. The van der Waals surface area contributed by atoms with Gasteiger partial charge < -0.3 is 10.6 Å². The van der Waals surface area contributed by atoms with Gasteiger partial charge in [0, 0.05) is 11.6 Å². The van der Waals surface area contributed by atoms with Crippen LogP contribution in [0.2, 0.25) is 0 Å². The van der Waals surface area contributed by atoms with Gasteiger partial charge in [-0.25, -0.2) is 0 Å². The minimum absolute atomic E-state index is 0.0626. The van der Waals surface area contributed by atoms with E-state index >= 15 is 0 Å². The first kappa shape index (κ1) is 12.1. The summed E-state index contributed by atoms with van der Waals surface area (Å²) in [7, 11) is 0. The second-order valence-corrected chi connectivity index (χ2v) is 5.21. The van der Waals surface area contributed by atoms with Gasteiger partial charge in [0.25, 0.3) is 0 Å². The van der Waals surface area contributed by atoms with Crippen molar-refractivity contribution in [3.8, 4) is 0 Å². The van der Waals surface area contributed by atoms with Crippen molar-refractivity contribution in [2.45, 2.75) is 26.7 Å². The van der Waals surface area contributed by atoms with Crippen LogP contribution in [-0.4, -0.2) is 29.2 Å². The van der Waals surface area contributed by atoms with Crippen LogP contribution in [0.25, 0.3) is 0 Å². The second kappa shape index (κ2) is 4.87. The van der Waals surface area contributed by atoms with E-state index in [1.165, 1.54) is 0 Å². The van der Waals surface area contributed by atoms with Gasteiger partial charge >= 0.3 is 0 Å². The van der Waals surface area contributed by atoms with E-state index in [2.05, 4.69) is 20.8 Å². The third kappa shape index (κ3) is 2.66. The zero-order chi connectivity index (χ0) is 12.3. The molecule has 5 heteroatoms. The number of anilines is 1. The number of carbonyl (C=O) groups is 1. The van der Waals surface area contributed by atoms with Gasteiger partial charge in [0.15, 0.2) is 0 Å². The molecule has 5 nitrogen and oxygen atoms in total. The molecule has 3 N–H and O–H groups in total. The number of hydrogen-bond acceptors (Lipinski definition) is 3. The third-order valence-electron chi connectivity index (χ3n) is 3.66. The van der Waals surface area contributed by atoms with E-state index in [9.17, 15) is 4.79 Å². The minimum atomic E-state index is -0.356. The molecule has 1 unspecified atom stereocenters. The maximum absolute atomic E-state index is 12.3. The topological polar surface area (TPSA) is 69.8 Å². The van der Waals surface area contributed by atoms with Gasteiger partial charge in [-0.2, -0.15) is 5.10 Å². The number of aromatic nitrogens is 2. The van der Waals surface area contributed by atoms with Gasteiger partial charge in [-0.1, -0.05) is 13.8 Å². The van der Waals surface area contributed by atoms with Crippen LogP contribution in [0.3, 0.4) is 0 Å². The molecule has 0 aromatic carbocycles. The van der Waals surface area contributed by atoms with E-state index in [1.807, 2.05) is 13.8 Å². The fourth-order valence-electron chi connectivity index (χ4n) is 2.26. The Morgan fingerprint density at radius 1 is 1.59 bits per heavy atom. The summed E-state index contributed by atoms with van der Waals surface area (Å²) in [6.45, 7) is 6.02. The number of rotatable bonds is 3. The van der Waals surface area contributed by atoms with Gasteiger partial charge in [0.2, 0.25) is 5.91 Å². The molecule has 1 fully saturated rings. The number of hydrogen-bond donors (Lipinski definition) is 3. The largest absolute Gasteiger partial charge is 0.323 e. The van der Waals surface area contributed by atoms with E-state index in [0.717, 1.165) is 31.6 Å². The van der Waals surface area contributed by atoms with Crippen LogP contribution in [0.4, 0.5) is 5.69 Å². The fraction of sp³-hybridized carbons (Fsp3) is 0.667. The Bertz CT molecular complexity index is 366. The number of H-pyrrole nitrogens is 1. The van der Waals surface area contributed by atoms with Crippen LogP contribution in [0.15, 0.2) is 12.4 Å². The number of amides is 1. The Labute approximate surface area is 101 Å². The molecule has 2 rings (SSSR count). The van der Waals surface area contributed by atoms with Crippen LogP contribution >= 0.6 is 0 Å². The Morgan fingerprint density at radius 3 is 3.00 bits per heavy atom. The molecule has 2 heterocycles. The number of nitrogens with zero attached hydrogens (tertiary/aromatic N) is 1. The van der Waals surface area contributed by atoms with Crippen LogP contribution in [0, 0.1) is 11.3 Å². The average molecular weight is 236 g/mol. The summed E-state index contributed by atoms with van der Waals surface area (Å²) in [6.07, 6.45) is 5.56. The van der Waals surface area contributed by atoms with Crippen molar-refractivity contribution in [1.82, 2.24) is 15.5 Å². The summed E-state index contributed by atoms with van der Waals surface area (Å²) >= 11 is 0. The SMILES string of the molecule is CC(C)(C(=O)Nc1cn[nH]c1)C1CCCNC1. The maximum atomic E-state index is 12.3. The highest BCUT2D eigenvalue weighted by Gasteiger charge is 2.37. The number of piperidine rings is 1. The lowest BCUT2D eigenvalue weighted by Crippen LogP contribution is -2.44. The second-order valence-electron chi connectivity index (χ2n) is 5.21. The quantitative estimate of drug-likeness (QED) is 0.742. The molecule has 0 spiro atoms. The molecule has 1 saturated heterocycles. The molecule has 0 saturated carbocycles. The highest BCUT2D eigenvalue weighted by molar-refractivity contribution is 5.94. The number of nitrogens with one attached hydrogen (secondary N) is 3. The third-order valence-corrected chi connectivity index (χ3v) is 3.66. The van der Waals surface area contributed by atoms with Gasteiger partial charge in [-0.15, -0.1) is 0 Å². The van der Waals surface area contributed by atoms with Crippen LogP contribution in [0.5, 0.6) is 0 Å². The van der Waals surface area contributed by atoms with Gasteiger partial charge in [0.1, 0.15) is 0 Å². The average Bonchev–Trinajstić information content (AvgIpc) is 2.83. The highest BCUT2D eigenvalue weighted by Crippen LogP contribution is 2.32. The lowest BCUT2D eigenvalue weighted by molar-refractivity contribution is -0.127. The van der Waals surface area contributed by atoms with E-state index in [1.54, 1.807) is 12.4 Å². The first-order chi connectivity index (χ1) is 8.10. The highest BCUT2D eigenvalue weighted by atomic mass is 16.2. The van der Waals surface area contributed by atoms with Crippen molar-refractivity contribution in [1.29, 1.82) is 0 Å². The van der Waals surface area contributed by atoms with E-state index in [4.69, 9.17) is 0 Å². The number of carbonyl (C=O) groups excluding carboxylic acids is 1. The fourth-order valence-corrected chi connectivity index (χ4v) is 2.26. The Kier molecular flexibility index (Phi) is 3.47. The molecule has 1 aromatic heterocycles. The molecule has 17 heavy (non-hydrogen) atoms. The summed E-state index contributed by atoms with van der Waals surface area (Å²) in [5.74, 6) is 0.454. The molecule has 1 aliphatic rings. The van der Waals surface area contributed by atoms with Crippen molar-refractivity contribution in [2.75, 3.05) is 18.4 Å². The lowest BCUT2D eigenvalue weighted by atomic mass is 9.74. The zero-order valence-corrected chi connectivity index (χ0v) is 10.4. The summed E-state index contributed by atoms with van der Waals surface area (Å²) in [5.41, 5.74) is 0.372. The molecule has 94 valence electrons. The van der Waals surface area contributed by atoms with Gasteiger partial charge in [-0.05, 0) is 31.8 Å². The summed E-state index contributed by atoms with van der Waals surface area (Å²) in [4.78, 5) is 12.3. The minimum Gasteiger partial charge on any atom is -0.323 e. The summed E-state index contributed by atoms with van der Waals surface area (Å²) in [5, 5.41) is 12.8. The van der Waals surface area contributed by atoms with Crippen LogP contribution in [-0.2, 0) is 4.79 Å². The van der Waals surface area contributed by atoms with E-state index in [0.29, 0.717) is 5.92 Å². The smallest absolute Gasteiger partial charge is 0.230 e. The summed E-state index contributed by atoms with van der Waals surface area (Å²) < 4.78 is 0. The standard InChI is InChI=1S/C12H20N4O/c1-12(2,9-4-3-5-13-6-9)11(17)16-10-7-14-15-8-10/h7-9,13H,3-6H2,1-2H3,(H,14,15)(H,16,17). The zero-order valence-electron chi connectivity index (χ0n) is 10.4. The molecule has 1 aliphatic heterocycles. The molecule has 1 atom stereocenters. The first-order valence-electron chi connectivity index (χ1n) is 6.11. The van der Waals surface area contributed by atoms with Crippen molar-refractivity contribution < 1.29 is 4.79 Å². The van der Waals surface area contributed by atoms with Crippen molar-refractivity contribution in [3.63, 3.8) is 0 Å². The van der Waals surface area contributed by atoms with E-state index in [-0.39, 0.29) is 11.3 Å². The van der Waals surface area contributed by atoms with Gasteiger partial charge in [-0.3, -0.25) is 9.89 Å². The van der Waals surface area contributed by atoms with Crippen molar-refractivity contribution in [3.05, 3.63) is 12.4 Å².